The van der Waals surface area contributed by atoms with E-state index in [0.29, 0.717) is 17.4 Å². The lowest BCUT2D eigenvalue weighted by atomic mass is 10.1. The van der Waals surface area contributed by atoms with E-state index in [4.69, 9.17) is 9.94 Å². The van der Waals surface area contributed by atoms with E-state index >= 15 is 0 Å². The molecule has 2 N–H and O–H groups in total. The molecule has 0 saturated carbocycles. The Morgan fingerprint density at radius 3 is 2.70 bits per heavy atom. The quantitative estimate of drug-likeness (QED) is 0.477. The summed E-state index contributed by atoms with van der Waals surface area (Å²) < 4.78 is 5.44. The van der Waals surface area contributed by atoms with Crippen LogP contribution in [0.5, 0.6) is 5.75 Å². The van der Waals surface area contributed by atoms with Crippen LogP contribution in [0.25, 0.3) is 0 Å². The number of amides is 1. The maximum absolute atomic E-state index is 11.7. The van der Waals surface area contributed by atoms with Crippen LogP contribution >= 0.6 is 0 Å². The molecule has 110 valence electrons. The molecule has 0 aromatic heterocycles. The Morgan fingerprint density at radius 2 is 2.10 bits per heavy atom. The second-order valence-corrected chi connectivity index (χ2v) is 5.10. The first-order valence-corrected chi connectivity index (χ1v) is 6.65. The third kappa shape index (κ3) is 4.91. The molecule has 1 aromatic rings. The number of nitrogens with zero attached hydrogens (tertiary/aromatic N) is 1. The van der Waals surface area contributed by atoms with Gasteiger partial charge in [-0.15, -0.1) is 0 Å². The normalized spacial score (nSPS) is 13.2. The monoisotopic (exact) mass is 278 g/mol. The highest BCUT2D eigenvalue weighted by Gasteiger charge is 2.11. The fourth-order valence-corrected chi connectivity index (χ4v) is 1.48. The molecule has 1 unspecified atom stereocenters. The van der Waals surface area contributed by atoms with Crippen LogP contribution in [0.3, 0.4) is 0 Å². The highest BCUT2D eigenvalue weighted by atomic mass is 16.5. The summed E-state index contributed by atoms with van der Waals surface area (Å²) in [5, 5.41) is 14.7. The summed E-state index contributed by atoms with van der Waals surface area (Å²) in [5.41, 5.74) is 1.24. The molecule has 0 radical (unpaired) electrons. The van der Waals surface area contributed by atoms with Gasteiger partial charge in [-0.2, -0.15) is 0 Å². The van der Waals surface area contributed by atoms with Crippen LogP contribution in [0, 0.1) is 5.92 Å². The van der Waals surface area contributed by atoms with Gasteiger partial charge in [0.2, 0.25) is 0 Å². The molecular formula is C15H22N2O3. The summed E-state index contributed by atoms with van der Waals surface area (Å²) >= 11 is 0. The zero-order valence-corrected chi connectivity index (χ0v) is 12.4. The van der Waals surface area contributed by atoms with E-state index in [9.17, 15) is 4.79 Å². The highest BCUT2D eigenvalue weighted by Crippen LogP contribution is 2.14. The molecule has 0 spiro atoms. The Morgan fingerprint density at radius 1 is 1.40 bits per heavy atom. The second kappa shape index (κ2) is 7.53. The van der Waals surface area contributed by atoms with Gasteiger partial charge in [-0.3, -0.25) is 4.79 Å². The zero-order valence-electron chi connectivity index (χ0n) is 12.4. The fourth-order valence-electron chi connectivity index (χ4n) is 1.48. The number of hydrogen-bond acceptors (Lipinski definition) is 4. The third-order valence-electron chi connectivity index (χ3n) is 3.16. The van der Waals surface area contributed by atoms with Gasteiger partial charge >= 0.3 is 0 Å². The Kier molecular flexibility index (Phi) is 6.03. The average Bonchev–Trinajstić information content (AvgIpc) is 2.44. The molecule has 1 aromatic carbocycles. The predicted octanol–water partition coefficient (Wildman–Crippen LogP) is 2.42. The van der Waals surface area contributed by atoms with Crippen molar-refractivity contribution < 1.29 is 14.7 Å². The first-order valence-electron chi connectivity index (χ1n) is 6.65. The van der Waals surface area contributed by atoms with Gasteiger partial charge < -0.3 is 15.3 Å². The zero-order chi connectivity index (χ0) is 15.1. The summed E-state index contributed by atoms with van der Waals surface area (Å²) in [5.74, 6) is 0.799. The van der Waals surface area contributed by atoms with Crippen molar-refractivity contribution in [3.63, 3.8) is 0 Å². The van der Waals surface area contributed by atoms with Crippen molar-refractivity contribution >= 4 is 11.6 Å². The Balaban J connectivity index is 2.56. The molecule has 0 bridgehead atoms. The number of hydrogen-bond donors (Lipinski definition) is 2. The molecule has 0 aliphatic carbocycles. The summed E-state index contributed by atoms with van der Waals surface area (Å²) in [4.78, 5) is 11.7. The topological polar surface area (TPSA) is 70.9 Å². The van der Waals surface area contributed by atoms with E-state index in [1.54, 1.807) is 25.1 Å². The minimum absolute atomic E-state index is 0.0319. The van der Waals surface area contributed by atoms with Gasteiger partial charge in [-0.25, -0.2) is 0 Å². The van der Waals surface area contributed by atoms with E-state index in [1.807, 2.05) is 26.8 Å². The standard InChI is InChI=1S/C15H22N2O3/c1-10(2)11(3)16-15(18)9-20-14-7-5-6-13(8-14)12(4)17-19/h5-8,10-11,19H,9H2,1-4H3,(H,16,18). The first-order chi connectivity index (χ1) is 9.43. The lowest BCUT2D eigenvalue weighted by Gasteiger charge is -2.17. The SMILES string of the molecule is CC(=NO)c1cccc(OCC(=O)NC(C)C(C)C)c1. The Bertz CT molecular complexity index is 484. The maximum Gasteiger partial charge on any atom is 0.258 e. The molecule has 1 atom stereocenters. The maximum atomic E-state index is 11.7. The molecule has 1 rings (SSSR count). The van der Waals surface area contributed by atoms with Crippen LogP contribution in [0.2, 0.25) is 0 Å². The van der Waals surface area contributed by atoms with Crippen molar-refractivity contribution in [3.05, 3.63) is 29.8 Å². The van der Waals surface area contributed by atoms with Crippen LogP contribution in [-0.4, -0.2) is 29.5 Å². The van der Waals surface area contributed by atoms with Crippen LogP contribution in [0.4, 0.5) is 0 Å². The molecule has 5 nitrogen and oxygen atoms in total. The van der Waals surface area contributed by atoms with Crippen molar-refractivity contribution in [1.29, 1.82) is 0 Å². The lowest BCUT2D eigenvalue weighted by molar-refractivity contribution is -0.124. The fraction of sp³-hybridized carbons (Fsp3) is 0.467. The molecule has 0 fully saturated rings. The molecular weight excluding hydrogens is 256 g/mol. The van der Waals surface area contributed by atoms with Gasteiger partial charge in [0.25, 0.3) is 5.91 Å². The van der Waals surface area contributed by atoms with E-state index in [0.717, 1.165) is 5.56 Å². The third-order valence-corrected chi connectivity index (χ3v) is 3.16. The highest BCUT2D eigenvalue weighted by molar-refractivity contribution is 5.98. The van der Waals surface area contributed by atoms with Crippen molar-refractivity contribution in [3.8, 4) is 5.75 Å². The second-order valence-electron chi connectivity index (χ2n) is 5.10. The molecule has 20 heavy (non-hydrogen) atoms. The van der Waals surface area contributed by atoms with Gasteiger partial charge in [-0.05, 0) is 31.9 Å². The van der Waals surface area contributed by atoms with E-state index in [-0.39, 0.29) is 18.6 Å². The number of carbonyl (C=O) groups excluding carboxylic acids is 1. The van der Waals surface area contributed by atoms with E-state index < -0.39 is 0 Å². The van der Waals surface area contributed by atoms with Crippen molar-refractivity contribution in [2.45, 2.75) is 33.7 Å². The largest absolute Gasteiger partial charge is 0.484 e. The van der Waals surface area contributed by atoms with Gasteiger partial charge in [0, 0.05) is 11.6 Å². The van der Waals surface area contributed by atoms with Crippen LogP contribution < -0.4 is 10.1 Å². The van der Waals surface area contributed by atoms with Crippen LogP contribution in [0.15, 0.2) is 29.4 Å². The summed E-state index contributed by atoms with van der Waals surface area (Å²) in [6.45, 7) is 7.72. The van der Waals surface area contributed by atoms with Gasteiger partial charge in [0.1, 0.15) is 5.75 Å². The summed E-state index contributed by atoms with van der Waals surface area (Å²) in [6, 6.07) is 7.19. The minimum Gasteiger partial charge on any atom is -0.484 e. The molecule has 1 amide bonds. The average molecular weight is 278 g/mol. The van der Waals surface area contributed by atoms with E-state index in [2.05, 4.69) is 10.5 Å². The van der Waals surface area contributed by atoms with Gasteiger partial charge in [-0.1, -0.05) is 31.1 Å². The van der Waals surface area contributed by atoms with Crippen LogP contribution in [0.1, 0.15) is 33.3 Å². The van der Waals surface area contributed by atoms with Gasteiger partial charge in [0.15, 0.2) is 6.61 Å². The Hall–Kier alpha value is -2.04. The van der Waals surface area contributed by atoms with Crippen molar-refractivity contribution in [1.82, 2.24) is 5.32 Å². The minimum atomic E-state index is -0.149. The number of rotatable bonds is 6. The number of ether oxygens (including phenoxy) is 1. The molecule has 5 heteroatoms. The van der Waals surface area contributed by atoms with Gasteiger partial charge in [0.05, 0.1) is 5.71 Å². The summed E-state index contributed by atoms with van der Waals surface area (Å²) in [7, 11) is 0. The van der Waals surface area contributed by atoms with Crippen molar-refractivity contribution in [2.24, 2.45) is 11.1 Å². The van der Waals surface area contributed by atoms with Crippen molar-refractivity contribution in [2.75, 3.05) is 6.61 Å². The number of carbonyl (C=O) groups is 1. The Labute approximate surface area is 119 Å². The molecule has 0 aliphatic heterocycles. The first kappa shape index (κ1) is 16.0. The smallest absolute Gasteiger partial charge is 0.258 e. The number of benzene rings is 1. The predicted molar refractivity (Wildman–Crippen MR) is 78.4 cm³/mol. The molecule has 0 saturated heterocycles. The lowest BCUT2D eigenvalue weighted by Crippen LogP contribution is -2.38. The summed E-state index contributed by atoms with van der Waals surface area (Å²) in [6.07, 6.45) is 0. The number of nitrogens with one attached hydrogen (secondary N) is 1. The number of oxime groups is 1. The van der Waals surface area contributed by atoms with Crippen LogP contribution in [-0.2, 0) is 4.79 Å². The molecule has 0 aliphatic rings. The van der Waals surface area contributed by atoms with E-state index in [1.165, 1.54) is 0 Å². The molecule has 0 heterocycles.